The monoisotopic (exact) mass is 423 g/mol. The summed E-state index contributed by atoms with van der Waals surface area (Å²) in [6.07, 6.45) is 0.616. The molecule has 0 amide bonds. The number of hydrazine groups is 1. The summed E-state index contributed by atoms with van der Waals surface area (Å²) in [7, 11) is 3.09. The van der Waals surface area contributed by atoms with Gasteiger partial charge in [0, 0.05) is 24.7 Å². The maximum absolute atomic E-state index is 13.5. The van der Waals surface area contributed by atoms with Crippen molar-refractivity contribution in [1.29, 1.82) is 0 Å². The van der Waals surface area contributed by atoms with Crippen molar-refractivity contribution in [3.63, 3.8) is 0 Å². The number of benzene rings is 2. The number of aromatic nitrogens is 1. The third kappa shape index (κ3) is 3.59. The summed E-state index contributed by atoms with van der Waals surface area (Å²) in [5.41, 5.74) is 10.8. The smallest absolute Gasteiger partial charge is 0.352 e. The normalized spacial score (nSPS) is 12.8. The molecule has 1 aliphatic rings. The van der Waals surface area contributed by atoms with Crippen LogP contribution in [0.3, 0.4) is 0 Å². The molecule has 160 valence electrons. The summed E-state index contributed by atoms with van der Waals surface area (Å²) in [4.78, 5) is 11.9. The molecule has 0 fully saturated rings. The van der Waals surface area contributed by atoms with Crippen molar-refractivity contribution < 1.29 is 19.0 Å². The number of hydrogen-bond acceptors (Lipinski definition) is 5. The van der Waals surface area contributed by atoms with E-state index in [9.17, 15) is 14.3 Å². The minimum absolute atomic E-state index is 0.162. The molecule has 9 heteroatoms. The molecule has 3 aromatic rings. The molecule has 4 rings (SSSR count). The van der Waals surface area contributed by atoms with E-state index in [1.165, 1.54) is 12.1 Å². The van der Waals surface area contributed by atoms with E-state index in [0.29, 0.717) is 35.4 Å². The summed E-state index contributed by atoms with van der Waals surface area (Å²) >= 11 is 0. The molecule has 0 unspecified atom stereocenters. The molecule has 0 bridgehead atoms. The summed E-state index contributed by atoms with van der Waals surface area (Å²) in [6.45, 7) is 0.489. The molecule has 1 aromatic heterocycles. The van der Waals surface area contributed by atoms with Gasteiger partial charge in [-0.3, -0.25) is 0 Å². The van der Waals surface area contributed by atoms with Crippen LogP contribution >= 0.6 is 0 Å². The summed E-state index contributed by atoms with van der Waals surface area (Å²) in [5.74, 6) is 4.92. The summed E-state index contributed by atoms with van der Waals surface area (Å²) < 4.78 is 20.8. The second-order valence-corrected chi connectivity index (χ2v) is 7.27. The third-order valence-electron chi connectivity index (χ3n) is 5.30. The number of aryl methyl sites for hydroxylation is 1. The fourth-order valence-electron chi connectivity index (χ4n) is 3.97. The van der Waals surface area contributed by atoms with Crippen LogP contribution < -0.4 is 16.3 Å². The van der Waals surface area contributed by atoms with Crippen molar-refractivity contribution in [1.82, 2.24) is 9.69 Å². The standard InChI is InChI=1S/C22H22FN5O3/c1-27(25)26-21(24)17-10-15-13(9-19(17)31-2)7-8-28-18(22(29)30)11-16(20(15)28)12-3-5-14(23)6-4-12/h3-6,9-11H,7-8,25H2,1-2H3,(H2,24,26)(H,29,30). The molecular formula is C22H22FN5O3. The van der Waals surface area contributed by atoms with Crippen LogP contribution in [-0.2, 0) is 13.0 Å². The van der Waals surface area contributed by atoms with Crippen LogP contribution in [0.4, 0.5) is 4.39 Å². The molecule has 5 N–H and O–H groups in total. The number of amidine groups is 1. The highest BCUT2D eigenvalue weighted by atomic mass is 19.1. The van der Waals surface area contributed by atoms with Crippen molar-refractivity contribution in [2.75, 3.05) is 14.2 Å². The Morgan fingerprint density at radius 1 is 1.23 bits per heavy atom. The van der Waals surface area contributed by atoms with E-state index in [4.69, 9.17) is 16.3 Å². The number of carboxylic acid groups (broad SMARTS) is 1. The van der Waals surface area contributed by atoms with Crippen molar-refractivity contribution >= 4 is 11.8 Å². The number of aromatic carboxylic acids is 1. The zero-order valence-electron chi connectivity index (χ0n) is 17.1. The first-order valence-corrected chi connectivity index (χ1v) is 9.57. The minimum atomic E-state index is -1.03. The van der Waals surface area contributed by atoms with Gasteiger partial charge in [0.1, 0.15) is 17.3 Å². The Labute approximate surface area is 178 Å². The Bertz CT molecular complexity index is 1200. The van der Waals surface area contributed by atoms with Crippen LogP contribution in [-0.4, -0.2) is 40.8 Å². The molecule has 0 saturated heterocycles. The second kappa shape index (κ2) is 7.77. The van der Waals surface area contributed by atoms with Crippen molar-refractivity contribution in [2.24, 2.45) is 16.7 Å². The van der Waals surface area contributed by atoms with E-state index >= 15 is 0 Å². The van der Waals surface area contributed by atoms with Crippen LogP contribution in [0.25, 0.3) is 22.4 Å². The molecule has 0 spiro atoms. The highest BCUT2D eigenvalue weighted by Gasteiger charge is 2.28. The van der Waals surface area contributed by atoms with Gasteiger partial charge in [0.25, 0.3) is 0 Å². The molecule has 31 heavy (non-hydrogen) atoms. The average Bonchev–Trinajstić information content (AvgIpc) is 3.13. The van der Waals surface area contributed by atoms with Gasteiger partial charge in [-0.2, -0.15) is 0 Å². The predicted octanol–water partition coefficient (Wildman–Crippen LogP) is 2.65. The van der Waals surface area contributed by atoms with Gasteiger partial charge in [-0.15, -0.1) is 5.10 Å². The largest absolute Gasteiger partial charge is 0.496 e. The Morgan fingerprint density at radius 3 is 2.55 bits per heavy atom. The number of hydrazone groups is 1. The fourth-order valence-corrected chi connectivity index (χ4v) is 3.97. The number of fused-ring (bicyclic) bond motifs is 3. The van der Waals surface area contributed by atoms with E-state index in [0.717, 1.165) is 21.9 Å². The van der Waals surface area contributed by atoms with Crippen molar-refractivity contribution in [3.05, 3.63) is 65.1 Å². The third-order valence-corrected chi connectivity index (χ3v) is 5.30. The molecule has 2 heterocycles. The van der Waals surface area contributed by atoms with E-state index in [2.05, 4.69) is 5.10 Å². The number of hydrogen-bond donors (Lipinski definition) is 3. The quantitative estimate of drug-likeness (QED) is 0.251. The van der Waals surface area contributed by atoms with Crippen molar-refractivity contribution in [2.45, 2.75) is 13.0 Å². The fraction of sp³-hybridized carbons (Fsp3) is 0.182. The van der Waals surface area contributed by atoms with Gasteiger partial charge in [0.15, 0.2) is 5.84 Å². The lowest BCUT2D eigenvalue weighted by molar-refractivity contribution is 0.0685. The topological polar surface area (TPSA) is 119 Å². The van der Waals surface area contributed by atoms with E-state index in [1.807, 2.05) is 12.1 Å². The number of carboxylic acids is 1. The summed E-state index contributed by atoms with van der Waals surface area (Å²) in [5, 5.41) is 14.9. The van der Waals surface area contributed by atoms with Crippen LogP contribution in [0.15, 0.2) is 47.6 Å². The van der Waals surface area contributed by atoms with Gasteiger partial charge in [0.2, 0.25) is 0 Å². The number of ether oxygens (including phenoxy) is 1. The van der Waals surface area contributed by atoms with Crippen LogP contribution in [0, 0.1) is 5.82 Å². The van der Waals surface area contributed by atoms with Crippen LogP contribution in [0.5, 0.6) is 5.75 Å². The first kappa shape index (κ1) is 20.4. The van der Waals surface area contributed by atoms with E-state index in [1.54, 1.807) is 36.9 Å². The maximum Gasteiger partial charge on any atom is 0.352 e. The lowest BCUT2D eigenvalue weighted by atomic mass is 9.91. The van der Waals surface area contributed by atoms with Gasteiger partial charge < -0.3 is 20.1 Å². The predicted molar refractivity (Wildman–Crippen MR) is 115 cm³/mol. The van der Waals surface area contributed by atoms with Gasteiger partial charge >= 0.3 is 5.97 Å². The zero-order chi connectivity index (χ0) is 22.3. The highest BCUT2D eigenvalue weighted by molar-refractivity contribution is 6.02. The molecule has 2 aromatic carbocycles. The molecule has 0 aliphatic carbocycles. The lowest BCUT2D eigenvalue weighted by Gasteiger charge is -2.24. The van der Waals surface area contributed by atoms with Crippen LogP contribution in [0.1, 0.15) is 21.6 Å². The van der Waals surface area contributed by atoms with Crippen molar-refractivity contribution in [3.8, 4) is 28.1 Å². The highest BCUT2D eigenvalue weighted by Crippen LogP contribution is 2.42. The van der Waals surface area contributed by atoms with Gasteiger partial charge in [-0.25, -0.2) is 20.1 Å². The first-order chi connectivity index (χ1) is 14.8. The van der Waals surface area contributed by atoms with Gasteiger partial charge in [-0.1, -0.05) is 12.1 Å². The van der Waals surface area contributed by atoms with E-state index < -0.39 is 5.97 Å². The number of halogens is 1. The average molecular weight is 423 g/mol. The van der Waals surface area contributed by atoms with Gasteiger partial charge in [0.05, 0.1) is 18.4 Å². The lowest BCUT2D eigenvalue weighted by Crippen LogP contribution is -2.26. The molecule has 8 nitrogen and oxygen atoms in total. The van der Waals surface area contributed by atoms with Crippen LogP contribution in [0.2, 0.25) is 0 Å². The summed E-state index contributed by atoms with van der Waals surface area (Å²) in [6, 6.07) is 11.3. The van der Waals surface area contributed by atoms with Gasteiger partial charge in [-0.05, 0) is 47.9 Å². The second-order valence-electron chi connectivity index (χ2n) is 7.27. The minimum Gasteiger partial charge on any atom is -0.496 e. The Kier molecular flexibility index (Phi) is 5.12. The maximum atomic E-state index is 13.5. The molecule has 0 atom stereocenters. The zero-order valence-corrected chi connectivity index (χ0v) is 17.1. The number of nitrogens with two attached hydrogens (primary N) is 2. The first-order valence-electron chi connectivity index (χ1n) is 9.57. The molecule has 0 saturated carbocycles. The number of carbonyl (C=O) groups is 1. The number of methoxy groups -OCH3 is 1. The molecular weight excluding hydrogens is 401 g/mol. The Hall–Kier alpha value is -3.85. The Balaban J connectivity index is 2.00. The molecule has 1 aliphatic heterocycles. The number of nitrogens with zero attached hydrogens (tertiary/aromatic N) is 3. The Morgan fingerprint density at radius 2 is 1.94 bits per heavy atom. The molecule has 0 radical (unpaired) electrons. The number of rotatable bonds is 5. The SMILES string of the molecule is COc1cc2c(cc1/C(N)=N/N(C)N)-c1c(-c3ccc(F)cc3)cc(C(=O)O)n1CC2. The van der Waals surface area contributed by atoms with E-state index in [-0.39, 0.29) is 17.3 Å².